The van der Waals surface area contributed by atoms with Gasteiger partial charge in [-0.2, -0.15) is 0 Å². The summed E-state index contributed by atoms with van der Waals surface area (Å²) in [4.78, 5) is 42.1. The molecule has 4 atom stereocenters. The second-order valence-electron chi connectivity index (χ2n) is 7.40. The van der Waals surface area contributed by atoms with Crippen molar-refractivity contribution in [2.75, 3.05) is 4.90 Å². The third-order valence-corrected chi connectivity index (χ3v) is 5.86. The molecule has 2 saturated heterocycles. The van der Waals surface area contributed by atoms with Gasteiger partial charge in [-0.1, -0.05) is 36.4 Å². The molecule has 2 aromatic carbocycles. The Bertz CT molecular complexity index is 1020. The minimum absolute atomic E-state index is 0.184. The largest absolute Gasteiger partial charge is 0.293 e. The maximum absolute atomic E-state index is 13.6. The van der Waals surface area contributed by atoms with Crippen LogP contribution in [0.15, 0.2) is 66.7 Å². The van der Waals surface area contributed by atoms with E-state index in [1.165, 1.54) is 23.1 Å². The van der Waals surface area contributed by atoms with E-state index in [4.69, 9.17) is 0 Å². The number of carbonyl (C=O) groups is 3. The standard InChI is InChI=1S/C22H17FN2O3/c23-14-6-4-5-13(11-14)12-24-16-9-10-17(26)20(24)19-18(16)21(27)25(22(19)28)15-7-2-1-3-8-15/h1-11,16,18-20H,12H2/t16-,18+,19+,20+/m0/s1. The molecule has 0 spiro atoms. The summed E-state index contributed by atoms with van der Waals surface area (Å²) >= 11 is 0. The number of para-hydroxylation sites is 1. The number of benzene rings is 2. The number of hydrogen-bond donors (Lipinski definition) is 0. The number of nitrogens with zero attached hydrogens (tertiary/aromatic N) is 2. The molecular formula is C22H17FN2O3. The predicted octanol–water partition coefficient (Wildman–Crippen LogP) is 2.32. The van der Waals surface area contributed by atoms with Gasteiger partial charge in [0.25, 0.3) is 0 Å². The highest BCUT2D eigenvalue weighted by Crippen LogP contribution is 2.47. The minimum Gasteiger partial charge on any atom is -0.293 e. The molecular weight excluding hydrogens is 359 g/mol. The first-order valence-electron chi connectivity index (χ1n) is 9.21. The molecule has 0 radical (unpaired) electrons. The molecule has 5 nitrogen and oxygen atoms in total. The molecule has 0 saturated carbocycles. The lowest BCUT2D eigenvalue weighted by molar-refractivity contribution is -0.129. The molecule has 6 heteroatoms. The molecule has 28 heavy (non-hydrogen) atoms. The van der Waals surface area contributed by atoms with Gasteiger partial charge in [-0.15, -0.1) is 0 Å². The molecule has 3 aliphatic rings. The average molecular weight is 376 g/mol. The van der Waals surface area contributed by atoms with Gasteiger partial charge in [0.05, 0.1) is 23.6 Å². The maximum Gasteiger partial charge on any atom is 0.239 e. The Morgan fingerprint density at radius 1 is 0.893 bits per heavy atom. The second-order valence-corrected chi connectivity index (χ2v) is 7.40. The van der Waals surface area contributed by atoms with Gasteiger partial charge in [0, 0.05) is 12.6 Å². The molecule has 2 aromatic rings. The van der Waals surface area contributed by atoms with Crippen LogP contribution in [0.1, 0.15) is 5.56 Å². The topological polar surface area (TPSA) is 57.7 Å². The van der Waals surface area contributed by atoms with E-state index in [0.29, 0.717) is 17.8 Å². The number of halogens is 1. The van der Waals surface area contributed by atoms with Crippen LogP contribution < -0.4 is 4.90 Å². The fraction of sp³-hybridized carbons (Fsp3) is 0.227. The van der Waals surface area contributed by atoms with Gasteiger partial charge in [-0.05, 0) is 35.9 Å². The first-order chi connectivity index (χ1) is 13.6. The SMILES string of the molecule is O=C1C=C[C@H]2[C@H]3C(=O)N(c4ccccc4)C(=O)[C@H]3[C@@H]1N2Cc1cccc(F)c1. The molecule has 5 rings (SSSR count). The number of ketones is 1. The summed E-state index contributed by atoms with van der Waals surface area (Å²) in [6.45, 7) is 0.308. The first kappa shape index (κ1) is 17.0. The summed E-state index contributed by atoms with van der Waals surface area (Å²) in [5.74, 6) is -2.47. The van der Waals surface area contributed by atoms with Crippen LogP contribution in [0.25, 0.3) is 0 Å². The Hall–Kier alpha value is -3.12. The van der Waals surface area contributed by atoms with E-state index >= 15 is 0 Å². The Kier molecular flexibility index (Phi) is 3.77. The van der Waals surface area contributed by atoms with Crippen molar-refractivity contribution >= 4 is 23.3 Å². The summed E-state index contributed by atoms with van der Waals surface area (Å²) in [6, 6.07) is 13.9. The molecule has 0 aromatic heterocycles. The van der Waals surface area contributed by atoms with Gasteiger partial charge < -0.3 is 0 Å². The van der Waals surface area contributed by atoms with Crippen LogP contribution >= 0.6 is 0 Å². The van der Waals surface area contributed by atoms with Crippen molar-refractivity contribution in [2.24, 2.45) is 11.8 Å². The van der Waals surface area contributed by atoms with E-state index in [1.807, 2.05) is 11.0 Å². The van der Waals surface area contributed by atoms with E-state index in [9.17, 15) is 18.8 Å². The van der Waals surface area contributed by atoms with E-state index in [-0.39, 0.29) is 29.5 Å². The predicted molar refractivity (Wildman–Crippen MR) is 99.6 cm³/mol. The minimum atomic E-state index is -0.714. The van der Waals surface area contributed by atoms with Crippen LogP contribution in [0.4, 0.5) is 10.1 Å². The van der Waals surface area contributed by atoms with E-state index in [0.717, 1.165) is 0 Å². The zero-order chi connectivity index (χ0) is 19.4. The van der Waals surface area contributed by atoms with Gasteiger partial charge >= 0.3 is 0 Å². The fourth-order valence-corrected chi connectivity index (χ4v) is 4.75. The van der Waals surface area contributed by atoms with Gasteiger partial charge in [0.15, 0.2) is 5.78 Å². The van der Waals surface area contributed by atoms with Crippen LogP contribution in [0.2, 0.25) is 0 Å². The van der Waals surface area contributed by atoms with E-state index in [1.54, 1.807) is 42.5 Å². The van der Waals surface area contributed by atoms with Crippen LogP contribution in [0.5, 0.6) is 0 Å². The van der Waals surface area contributed by atoms with Crippen molar-refractivity contribution < 1.29 is 18.8 Å². The smallest absolute Gasteiger partial charge is 0.239 e. The summed E-state index contributed by atoms with van der Waals surface area (Å²) in [5, 5.41) is 0. The Balaban J connectivity index is 1.52. The first-order valence-corrected chi connectivity index (χ1v) is 9.21. The Labute approximate surface area is 161 Å². The molecule has 0 N–H and O–H groups in total. The third-order valence-electron chi connectivity index (χ3n) is 5.86. The molecule has 3 aliphatic heterocycles. The molecule has 2 bridgehead atoms. The third kappa shape index (κ3) is 2.38. The monoisotopic (exact) mass is 376 g/mol. The van der Waals surface area contributed by atoms with E-state index < -0.39 is 17.9 Å². The zero-order valence-electron chi connectivity index (χ0n) is 14.9. The fourth-order valence-electron chi connectivity index (χ4n) is 4.75. The highest BCUT2D eigenvalue weighted by molar-refractivity contribution is 6.24. The number of fused-ring (bicyclic) bond motifs is 5. The number of carbonyl (C=O) groups excluding carboxylic acids is 3. The second kappa shape index (κ2) is 6.21. The van der Waals surface area contributed by atoms with Crippen molar-refractivity contribution in [3.05, 3.63) is 78.1 Å². The van der Waals surface area contributed by atoms with E-state index in [2.05, 4.69) is 0 Å². The number of hydrogen-bond acceptors (Lipinski definition) is 4. The number of rotatable bonds is 3. The van der Waals surface area contributed by atoms with Gasteiger partial charge in [0.1, 0.15) is 5.82 Å². The lowest BCUT2D eigenvalue weighted by Gasteiger charge is -2.33. The van der Waals surface area contributed by atoms with Crippen LogP contribution in [0, 0.1) is 17.7 Å². The van der Waals surface area contributed by atoms with Crippen LogP contribution in [0.3, 0.4) is 0 Å². The lowest BCUT2D eigenvalue weighted by atomic mass is 9.90. The molecule has 2 amide bonds. The molecule has 0 aliphatic carbocycles. The maximum atomic E-state index is 13.6. The Morgan fingerprint density at radius 3 is 2.39 bits per heavy atom. The van der Waals surface area contributed by atoms with Gasteiger partial charge in [-0.25, -0.2) is 9.29 Å². The normalized spacial score (nSPS) is 28.9. The Morgan fingerprint density at radius 2 is 1.64 bits per heavy atom. The van der Waals surface area contributed by atoms with Crippen molar-refractivity contribution in [1.82, 2.24) is 4.90 Å². The summed E-state index contributed by atoms with van der Waals surface area (Å²) in [6.07, 6.45) is 3.19. The highest BCUT2D eigenvalue weighted by atomic mass is 19.1. The molecule has 2 fully saturated rings. The molecule has 0 unspecified atom stereocenters. The van der Waals surface area contributed by atoms with Crippen molar-refractivity contribution in [1.29, 1.82) is 0 Å². The number of amides is 2. The van der Waals surface area contributed by atoms with Crippen molar-refractivity contribution in [3.63, 3.8) is 0 Å². The van der Waals surface area contributed by atoms with Crippen LogP contribution in [-0.4, -0.2) is 34.6 Å². The quantitative estimate of drug-likeness (QED) is 0.772. The van der Waals surface area contributed by atoms with Crippen LogP contribution in [-0.2, 0) is 20.9 Å². The van der Waals surface area contributed by atoms with Crippen molar-refractivity contribution in [2.45, 2.75) is 18.6 Å². The number of imide groups is 1. The summed E-state index contributed by atoms with van der Waals surface area (Å²) < 4.78 is 13.6. The zero-order valence-corrected chi connectivity index (χ0v) is 14.9. The molecule has 140 valence electrons. The highest BCUT2D eigenvalue weighted by Gasteiger charge is 2.64. The average Bonchev–Trinajstić information content (AvgIpc) is 3.06. The summed E-state index contributed by atoms with van der Waals surface area (Å²) in [5.41, 5.74) is 1.23. The van der Waals surface area contributed by atoms with Gasteiger partial charge in [0.2, 0.25) is 11.8 Å². The summed E-state index contributed by atoms with van der Waals surface area (Å²) in [7, 11) is 0. The number of anilines is 1. The molecule has 3 heterocycles. The lowest BCUT2D eigenvalue weighted by Crippen LogP contribution is -2.48. The van der Waals surface area contributed by atoms with Crippen molar-refractivity contribution in [3.8, 4) is 0 Å². The van der Waals surface area contributed by atoms with Gasteiger partial charge in [-0.3, -0.25) is 19.3 Å².